The van der Waals surface area contributed by atoms with E-state index in [9.17, 15) is 10.1 Å². The minimum absolute atomic E-state index is 0.0326. The molecule has 6 nitrogen and oxygen atoms in total. The zero-order valence-electron chi connectivity index (χ0n) is 11.2. The van der Waals surface area contributed by atoms with Crippen molar-refractivity contribution in [3.8, 4) is 0 Å². The van der Waals surface area contributed by atoms with Crippen molar-refractivity contribution in [1.29, 1.82) is 0 Å². The lowest BCUT2D eigenvalue weighted by Gasteiger charge is -2.18. The molecular formula is C14H16N4O2. The van der Waals surface area contributed by atoms with E-state index in [2.05, 4.69) is 4.98 Å². The van der Waals surface area contributed by atoms with Gasteiger partial charge in [0.1, 0.15) is 5.82 Å². The van der Waals surface area contributed by atoms with Crippen molar-refractivity contribution in [1.82, 2.24) is 4.98 Å². The lowest BCUT2D eigenvalue weighted by atomic mass is 10.1. The maximum absolute atomic E-state index is 11.0. The molecule has 0 bridgehead atoms. The van der Waals surface area contributed by atoms with Gasteiger partial charge in [-0.05, 0) is 18.1 Å². The van der Waals surface area contributed by atoms with E-state index in [0.29, 0.717) is 12.4 Å². The zero-order valence-corrected chi connectivity index (χ0v) is 11.2. The Labute approximate surface area is 117 Å². The third kappa shape index (κ3) is 3.23. The Hall–Kier alpha value is -2.63. The molecule has 20 heavy (non-hydrogen) atoms. The average molecular weight is 272 g/mol. The van der Waals surface area contributed by atoms with E-state index in [1.165, 1.54) is 17.7 Å². The van der Waals surface area contributed by atoms with Gasteiger partial charge in [-0.2, -0.15) is 0 Å². The van der Waals surface area contributed by atoms with Crippen LogP contribution in [0.4, 0.5) is 17.3 Å². The zero-order chi connectivity index (χ0) is 14.5. The predicted molar refractivity (Wildman–Crippen MR) is 78.7 cm³/mol. The van der Waals surface area contributed by atoms with Crippen molar-refractivity contribution in [2.24, 2.45) is 0 Å². The maximum atomic E-state index is 11.0. The number of aromatic nitrogens is 1. The fourth-order valence-corrected chi connectivity index (χ4v) is 1.93. The molecule has 1 aromatic heterocycles. The molecule has 2 rings (SSSR count). The lowest BCUT2D eigenvalue weighted by Crippen LogP contribution is -2.22. The first-order valence-electron chi connectivity index (χ1n) is 6.24. The number of nitrogen functional groups attached to an aromatic ring is 1. The average Bonchev–Trinajstić information content (AvgIpc) is 2.45. The van der Waals surface area contributed by atoms with Gasteiger partial charge in [0.05, 0.1) is 4.92 Å². The normalized spacial score (nSPS) is 10.2. The van der Waals surface area contributed by atoms with Crippen molar-refractivity contribution in [2.45, 2.75) is 6.42 Å². The molecular weight excluding hydrogens is 256 g/mol. The Bertz CT molecular complexity index is 601. The van der Waals surface area contributed by atoms with Gasteiger partial charge in [-0.15, -0.1) is 0 Å². The largest absolute Gasteiger partial charge is 0.384 e. The molecule has 0 fully saturated rings. The molecule has 2 N–H and O–H groups in total. The van der Waals surface area contributed by atoms with Crippen LogP contribution in [0, 0.1) is 10.1 Å². The van der Waals surface area contributed by atoms with Crippen LogP contribution in [0.25, 0.3) is 0 Å². The molecule has 0 spiro atoms. The summed E-state index contributed by atoms with van der Waals surface area (Å²) >= 11 is 0. The number of hydrogen-bond donors (Lipinski definition) is 1. The van der Waals surface area contributed by atoms with Crippen molar-refractivity contribution < 1.29 is 4.92 Å². The number of hydrogen-bond acceptors (Lipinski definition) is 5. The number of nitro groups is 1. The standard InChI is InChI=1S/C14H16N4O2/c1-17(10-9-11-5-3-2-4-6-11)14-12(18(19)20)7-8-13(15)16-14/h2-8H,9-10H2,1H3,(H2,15,16). The second-order valence-corrected chi connectivity index (χ2v) is 4.49. The Morgan fingerprint density at radius 3 is 2.60 bits per heavy atom. The summed E-state index contributed by atoms with van der Waals surface area (Å²) in [5.74, 6) is 0.572. The quantitative estimate of drug-likeness (QED) is 0.666. The highest BCUT2D eigenvalue weighted by Gasteiger charge is 2.18. The first-order valence-corrected chi connectivity index (χ1v) is 6.24. The number of nitrogens with two attached hydrogens (primary N) is 1. The Morgan fingerprint density at radius 2 is 1.95 bits per heavy atom. The molecule has 0 radical (unpaired) electrons. The second kappa shape index (κ2) is 6.01. The Kier molecular flexibility index (Phi) is 4.14. The maximum Gasteiger partial charge on any atom is 0.311 e. The molecule has 0 unspecified atom stereocenters. The van der Waals surface area contributed by atoms with E-state index in [1.54, 1.807) is 11.9 Å². The molecule has 0 aliphatic carbocycles. The molecule has 104 valence electrons. The summed E-state index contributed by atoms with van der Waals surface area (Å²) in [6.07, 6.45) is 0.783. The van der Waals surface area contributed by atoms with Gasteiger partial charge in [-0.3, -0.25) is 10.1 Å². The first-order chi connectivity index (χ1) is 9.58. The van der Waals surface area contributed by atoms with E-state index >= 15 is 0 Å². The predicted octanol–water partition coefficient (Wildman–Crippen LogP) is 2.25. The van der Waals surface area contributed by atoms with E-state index in [1.807, 2.05) is 30.3 Å². The summed E-state index contributed by atoms with van der Waals surface area (Å²) in [5, 5.41) is 11.0. The third-order valence-corrected chi connectivity index (χ3v) is 3.01. The van der Waals surface area contributed by atoms with Crippen molar-refractivity contribution >= 4 is 17.3 Å². The van der Waals surface area contributed by atoms with E-state index in [-0.39, 0.29) is 11.5 Å². The highest BCUT2D eigenvalue weighted by Crippen LogP contribution is 2.26. The number of anilines is 2. The number of nitrogens with zero attached hydrogens (tertiary/aromatic N) is 3. The fraction of sp³-hybridized carbons (Fsp3) is 0.214. The van der Waals surface area contributed by atoms with Gasteiger partial charge in [0.2, 0.25) is 5.82 Å². The van der Waals surface area contributed by atoms with Crippen LogP contribution in [0.5, 0.6) is 0 Å². The van der Waals surface area contributed by atoms with Gasteiger partial charge in [0, 0.05) is 19.7 Å². The molecule has 1 heterocycles. The van der Waals surface area contributed by atoms with Crippen LogP contribution < -0.4 is 10.6 Å². The van der Waals surface area contributed by atoms with Crippen LogP contribution in [-0.2, 0) is 6.42 Å². The van der Waals surface area contributed by atoms with Gasteiger partial charge < -0.3 is 10.6 Å². The summed E-state index contributed by atoms with van der Waals surface area (Å²) in [7, 11) is 1.78. The van der Waals surface area contributed by atoms with Gasteiger partial charge in [-0.1, -0.05) is 30.3 Å². The monoisotopic (exact) mass is 272 g/mol. The SMILES string of the molecule is CN(CCc1ccccc1)c1nc(N)ccc1[N+](=O)[O-]. The van der Waals surface area contributed by atoms with Crippen LogP contribution in [-0.4, -0.2) is 23.5 Å². The minimum Gasteiger partial charge on any atom is -0.384 e. The minimum atomic E-state index is -0.444. The summed E-state index contributed by atoms with van der Waals surface area (Å²) < 4.78 is 0. The van der Waals surface area contributed by atoms with Gasteiger partial charge in [0.25, 0.3) is 0 Å². The molecule has 0 aliphatic rings. The molecule has 0 saturated carbocycles. The molecule has 0 atom stereocenters. The highest BCUT2D eigenvalue weighted by molar-refractivity contribution is 5.60. The number of benzene rings is 1. The Morgan fingerprint density at radius 1 is 1.25 bits per heavy atom. The smallest absolute Gasteiger partial charge is 0.311 e. The summed E-state index contributed by atoms with van der Waals surface area (Å²) in [6.45, 7) is 0.626. The Balaban J connectivity index is 2.14. The number of pyridine rings is 1. The van der Waals surface area contributed by atoms with Crippen LogP contribution >= 0.6 is 0 Å². The van der Waals surface area contributed by atoms with E-state index in [4.69, 9.17) is 5.73 Å². The summed E-state index contributed by atoms with van der Waals surface area (Å²) in [5.41, 5.74) is 6.75. The lowest BCUT2D eigenvalue weighted by molar-refractivity contribution is -0.384. The number of likely N-dealkylation sites (N-methyl/N-ethyl adjacent to an activating group) is 1. The fourth-order valence-electron chi connectivity index (χ4n) is 1.93. The van der Waals surface area contributed by atoms with E-state index < -0.39 is 4.92 Å². The molecule has 0 aliphatic heterocycles. The first kappa shape index (κ1) is 13.8. The van der Waals surface area contributed by atoms with Crippen molar-refractivity contribution in [3.63, 3.8) is 0 Å². The van der Waals surface area contributed by atoms with E-state index in [0.717, 1.165) is 6.42 Å². The molecule has 0 amide bonds. The van der Waals surface area contributed by atoms with Crippen molar-refractivity contribution in [3.05, 3.63) is 58.1 Å². The van der Waals surface area contributed by atoms with Gasteiger partial charge in [0.15, 0.2) is 0 Å². The third-order valence-electron chi connectivity index (χ3n) is 3.01. The second-order valence-electron chi connectivity index (χ2n) is 4.49. The number of rotatable bonds is 5. The summed E-state index contributed by atoms with van der Waals surface area (Å²) in [6, 6.07) is 12.8. The van der Waals surface area contributed by atoms with Crippen LogP contribution in [0.15, 0.2) is 42.5 Å². The van der Waals surface area contributed by atoms with Crippen LogP contribution in [0.1, 0.15) is 5.56 Å². The molecule has 2 aromatic rings. The summed E-state index contributed by atoms with van der Waals surface area (Å²) in [4.78, 5) is 16.4. The van der Waals surface area contributed by atoms with Gasteiger partial charge >= 0.3 is 5.69 Å². The molecule has 0 saturated heterocycles. The molecule has 6 heteroatoms. The van der Waals surface area contributed by atoms with Crippen molar-refractivity contribution in [2.75, 3.05) is 24.2 Å². The highest BCUT2D eigenvalue weighted by atomic mass is 16.6. The topological polar surface area (TPSA) is 85.3 Å². The van der Waals surface area contributed by atoms with Crippen LogP contribution in [0.3, 0.4) is 0 Å². The molecule has 1 aromatic carbocycles. The van der Waals surface area contributed by atoms with Gasteiger partial charge in [-0.25, -0.2) is 4.98 Å². The van der Waals surface area contributed by atoms with Crippen LogP contribution in [0.2, 0.25) is 0 Å².